The molecule has 8 nitrogen and oxygen atoms in total. The molecule has 0 bridgehead atoms. The van der Waals surface area contributed by atoms with Crippen LogP contribution in [-0.2, 0) is 9.53 Å². The van der Waals surface area contributed by atoms with Gasteiger partial charge in [-0.1, -0.05) is 29.8 Å². The van der Waals surface area contributed by atoms with Crippen LogP contribution < -0.4 is 5.32 Å². The number of fused-ring (bicyclic) bond motifs is 1. The highest BCUT2D eigenvalue weighted by molar-refractivity contribution is 6.33. The van der Waals surface area contributed by atoms with E-state index in [0.717, 1.165) is 17.5 Å². The van der Waals surface area contributed by atoms with Gasteiger partial charge in [-0.15, -0.1) is 0 Å². The average Bonchev–Trinajstić information content (AvgIpc) is 3.10. The summed E-state index contributed by atoms with van der Waals surface area (Å²) in [6.45, 7) is 1.21. The minimum atomic E-state index is -0.855. The van der Waals surface area contributed by atoms with Gasteiger partial charge in [0, 0.05) is 17.5 Å². The smallest absolute Gasteiger partial charge is 0.340 e. The van der Waals surface area contributed by atoms with Gasteiger partial charge in [-0.3, -0.25) is 14.9 Å². The van der Waals surface area contributed by atoms with Gasteiger partial charge in [-0.2, -0.15) is 0 Å². The molecule has 1 amide bonds. The Morgan fingerprint density at radius 1 is 1.25 bits per heavy atom. The van der Waals surface area contributed by atoms with Crippen LogP contribution in [0.2, 0.25) is 5.02 Å². The van der Waals surface area contributed by atoms with Gasteiger partial charge in [0.05, 0.1) is 21.6 Å². The lowest BCUT2D eigenvalue weighted by molar-refractivity contribution is -0.384. The van der Waals surface area contributed by atoms with E-state index in [1.807, 2.05) is 30.3 Å². The summed E-state index contributed by atoms with van der Waals surface area (Å²) >= 11 is 5.87. The Morgan fingerprint density at radius 3 is 2.68 bits per heavy atom. The number of esters is 1. The molecule has 3 aromatic rings. The highest BCUT2D eigenvalue weighted by Crippen LogP contribution is 2.24. The number of rotatable bonds is 6. The molecule has 0 fully saturated rings. The number of ether oxygens (including phenoxy) is 1. The zero-order valence-electron chi connectivity index (χ0n) is 14.7. The van der Waals surface area contributed by atoms with Gasteiger partial charge in [-0.05, 0) is 25.1 Å². The monoisotopic (exact) mass is 402 g/mol. The third-order valence-corrected chi connectivity index (χ3v) is 4.28. The predicted molar refractivity (Wildman–Crippen MR) is 101 cm³/mol. The Bertz CT molecular complexity index is 1030. The van der Waals surface area contributed by atoms with Gasteiger partial charge >= 0.3 is 5.97 Å². The van der Waals surface area contributed by atoms with Crippen LogP contribution in [-0.4, -0.2) is 23.4 Å². The van der Waals surface area contributed by atoms with Crippen LogP contribution in [0.4, 0.5) is 5.69 Å². The van der Waals surface area contributed by atoms with Gasteiger partial charge < -0.3 is 14.5 Å². The van der Waals surface area contributed by atoms with E-state index in [9.17, 15) is 19.7 Å². The maximum Gasteiger partial charge on any atom is 0.340 e. The lowest BCUT2D eigenvalue weighted by Crippen LogP contribution is -2.31. The molecule has 0 saturated heterocycles. The number of nitrogens with zero attached hydrogens (tertiary/aromatic N) is 1. The zero-order valence-corrected chi connectivity index (χ0v) is 15.4. The van der Waals surface area contributed by atoms with E-state index in [1.165, 1.54) is 6.07 Å². The van der Waals surface area contributed by atoms with E-state index >= 15 is 0 Å². The molecule has 0 aliphatic heterocycles. The minimum absolute atomic E-state index is 0.0644. The molecule has 144 valence electrons. The lowest BCUT2D eigenvalue weighted by Gasteiger charge is -2.12. The third-order valence-electron chi connectivity index (χ3n) is 3.97. The molecule has 0 spiro atoms. The molecule has 28 heavy (non-hydrogen) atoms. The predicted octanol–water partition coefficient (Wildman–Crippen LogP) is 4.03. The molecule has 0 aliphatic carbocycles. The third kappa shape index (κ3) is 4.29. The average molecular weight is 403 g/mol. The van der Waals surface area contributed by atoms with Crippen molar-refractivity contribution in [3.8, 4) is 0 Å². The van der Waals surface area contributed by atoms with Crippen LogP contribution in [0.25, 0.3) is 11.0 Å². The quantitative estimate of drug-likeness (QED) is 0.378. The van der Waals surface area contributed by atoms with E-state index in [1.54, 1.807) is 6.92 Å². The van der Waals surface area contributed by atoms with Crippen molar-refractivity contribution in [1.82, 2.24) is 5.32 Å². The second kappa shape index (κ2) is 8.10. The number of furan rings is 1. The molecule has 9 heteroatoms. The topological polar surface area (TPSA) is 112 Å². The Balaban J connectivity index is 1.57. The highest BCUT2D eigenvalue weighted by Gasteiger charge is 2.19. The number of non-ortho nitro benzene ring substituents is 1. The van der Waals surface area contributed by atoms with Crippen molar-refractivity contribution in [2.75, 3.05) is 6.61 Å². The van der Waals surface area contributed by atoms with Gasteiger partial charge in [-0.25, -0.2) is 4.79 Å². The number of amides is 1. The molecule has 1 heterocycles. The molecule has 0 radical (unpaired) electrons. The van der Waals surface area contributed by atoms with Crippen LogP contribution in [0.15, 0.2) is 52.9 Å². The van der Waals surface area contributed by atoms with Crippen molar-refractivity contribution in [2.24, 2.45) is 0 Å². The first-order chi connectivity index (χ1) is 13.3. The molecule has 1 atom stereocenters. The van der Waals surface area contributed by atoms with E-state index in [0.29, 0.717) is 11.3 Å². The fourth-order valence-electron chi connectivity index (χ4n) is 2.56. The van der Waals surface area contributed by atoms with Crippen molar-refractivity contribution in [2.45, 2.75) is 13.0 Å². The second-order valence-electron chi connectivity index (χ2n) is 5.97. The van der Waals surface area contributed by atoms with Crippen LogP contribution in [0.3, 0.4) is 0 Å². The first-order valence-electron chi connectivity index (χ1n) is 8.24. The fourth-order valence-corrected chi connectivity index (χ4v) is 2.81. The molecule has 0 aliphatic rings. The standard InChI is InChI=1S/C19H15ClN2O6/c1-11(17-8-12-4-2-3-5-16(12)28-17)21-18(23)10-27-19(24)14-7-6-13(22(25)26)9-15(14)20/h2-9,11H,10H2,1H3,(H,21,23)/t11-/m1/s1. The Morgan fingerprint density at radius 2 is 2.00 bits per heavy atom. The summed E-state index contributed by atoms with van der Waals surface area (Å²) in [6, 6.07) is 12.2. The highest BCUT2D eigenvalue weighted by atomic mass is 35.5. The number of carbonyl (C=O) groups excluding carboxylic acids is 2. The SMILES string of the molecule is C[C@@H](NC(=O)COC(=O)c1ccc([N+](=O)[O-])cc1Cl)c1cc2ccccc2o1. The van der Waals surface area contributed by atoms with E-state index in [-0.39, 0.29) is 16.3 Å². The van der Waals surface area contributed by atoms with Crippen molar-refractivity contribution in [3.63, 3.8) is 0 Å². The Labute approximate surface area is 164 Å². The summed E-state index contributed by atoms with van der Waals surface area (Å²) < 4.78 is 10.6. The fraction of sp³-hybridized carbons (Fsp3) is 0.158. The molecule has 1 aromatic heterocycles. The number of nitro groups is 1. The molecule has 1 N–H and O–H groups in total. The normalized spacial score (nSPS) is 11.8. The minimum Gasteiger partial charge on any atom is -0.459 e. The van der Waals surface area contributed by atoms with Gasteiger partial charge in [0.1, 0.15) is 11.3 Å². The first kappa shape index (κ1) is 19.4. The molecule has 2 aromatic carbocycles. The second-order valence-corrected chi connectivity index (χ2v) is 6.38. The van der Waals surface area contributed by atoms with Crippen LogP contribution in [0.5, 0.6) is 0 Å². The largest absolute Gasteiger partial charge is 0.459 e. The number of nitro benzene ring substituents is 1. The number of benzene rings is 2. The van der Waals surface area contributed by atoms with Gasteiger partial charge in [0.2, 0.25) is 0 Å². The molecule has 0 saturated carbocycles. The number of nitrogens with one attached hydrogen (secondary N) is 1. The number of para-hydroxylation sites is 1. The molecular weight excluding hydrogens is 388 g/mol. The number of hydrogen-bond acceptors (Lipinski definition) is 6. The first-order valence-corrected chi connectivity index (χ1v) is 8.62. The Hall–Kier alpha value is -3.39. The number of hydrogen-bond donors (Lipinski definition) is 1. The summed E-state index contributed by atoms with van der Waals surface area (Å²) in [6.07, 6.45) is 0. The van der Waals surface area contributed by atoms with Gasteiger partial charge in [0.15, 0.2) is 6.61 Å². The lowest BCUT2D eigenvalue weighted by atomic mass is 10.2. The maximum absolute atomic E-state index is 12.1. The molecule has 3 rings (SSSR count). The summed E-state index contributed by atoms with van der Waals surface area (Å²) in [4.78, 5) is 34.2. The summed E-state index contributed by atoms with van der Waals surface area (Å²) in [7, 11) is 0. The van der Waals surface area contributed by atoms with E-state index in [4.69, 9.17) is 20.8 Å². The molecular formula is C19H15ClN2O6. The zero-order chi connectivity index (χ0) is 20.3. The van der Waals surface area contributed by atoms with Crippen LogP contribution in [0, 0.1) is 10.1 Å². The van der Waals surface area contributed by atoms with Crippen LogP contribution >= 0.6 is 11.6 Å². The number of carbonyl (C=O) groups is 2. The Kier molecular flexibility index (Phi) is 5.60. The van der Waals surface area contributed by atoms with Crippen molar-refractivity contribution >= 4 is 40.1 Å². The van der Waals surface area contributed by atoms with E-state index < -0.39 is 29.4 Å². The van der Waals surface area contributed by atoms with Crippen molar-refractivity contribution < 1.29 is 23.7 Å². The summed E-state index contributed by atoms with van der Waals surface area (Å²) in [5, 5.41) is 14.2. The van der Waals surface area contributed by atoms with Crippen molar-refractivity contribution in [1.29, 1.82) is 0 Å². The van der Waals surface area contributed by atoms with Crippen molar-refractivity contribution in [3.05, 3.63) is 75.0 Å². The molecule has 0 unspecified atom stereocenters. The summed E-state index contributed by atoms with van der Waals surface area (Å²) in [5.74, 6) is -0.815. The maximum atomic E-state index is 12.1. The number of halogens is 1. The van der Waals surface area contributed by atoms with E-state index in [2.05, 4.69) is 5.32 Å². The summed E-state index contributed by atoms with van der Waals surface area (Å²) in [5.41, 5.74) is 0.391. The van der Waals surface area contributed by atoms with Gasteiger partial charge in [0.25, 0.3) is 11.6 Å². The van der Waals surface area contributed by atoms with Crippen LogP contribution in [0.1, 0.15) is 29.1 Å².